The van der Waals surface area contributed by atoms with E-state index in [2.05, 4.69) is 27.3 Å². The van der Waals surface area contributed by atoms with E-state index in [1.807, 2.05) is 6.92 Å². The smallest absolute Gasteiger partial charge is 0.244 e. The summed E-state index contributed by atoms with van der Waals surface area (Å²) in [5.41, 5.74) is 6.55. The van der Waals surface area contributed by atoms with Gasteiger partial charge in [0.2, 0.25) is 17.6 Å². The molecular formula is C12H17N5O2. The summed E-state index contributed by atoms with van der Waals surface area (Å²) in [6.07, 6.45) is 0.946. The maximum atomic E-state index is 6.03. The number of hydrogen-bond donors (Lipinski definition) is 1. The van der Waals surface area contributed by atoms with Crippen LogP contribution in [0.25, 0.3) is 11.5 Å². The maximum absolute atomic E-state index is 6.03. The van der Waals surface area contributed by atoms with Crippen LogP contribution in [-0.2, 0) is 0 Å². The molecule has 0 amide bonds. The molecular weight excluding hydrogens is 246 g/mol. The second-order valence-corrected chi connectivity index (χ2v) is 4.33. The molecule has 7 heteroatoms. The van der Waals surface area contributed by atoms with Gasteiger partial charge in [0.15, 0.2) is 0 Å². The van der Waals surface area contributed by atoms with Crippen molar-refractivity contribution in [3.63, 3.8) is 0 Å². The monoisotopic (exact) mass is 263 g/mol. The van der Waals surface area contributed by atoms with Crippen molar-refractivity contribution in [1.82, 2.24) is 20.3 Å². The third-order valence-corrected chi connectivity index (χ3v) is 3.06. The number of ether oxygens (including phenoxy) is 1. The SMILES string of the molecule is CC[C@H](C)[C@H](N)c1nc(-c2ccc(OC)nn2)no1. The van der Waals surface area contributed by atoms with E-state index in [-0.39, 0.29) is 12.0 Å². The fraction of sp³-hybridized carbons (Fsp3) is 0.500. The Morgan fingerprint density at radius 2 is 2.16 bits per heavy atom. The van der Waals surface area contributed by atoms with Gasteiger partial charge in [0.1, 0.15) is 5.69 Å². The highest BCUT2D eigenvalue weighted by molar-refractivity contribution is 5.47. The van der Waals surface area contributed by atoms with Gasteiger partial charge in [-0.2, -0.15) is 4.98 Å². The highest BCUT2D eigenvalue weighted by Crippen LogP contribution is 2.22. The average molecular weight is 263 g/mol. The Hall–Kier alpha value is -2.02. The number of methoxy groups -OCH3 is 1. The molecule has 19 heavy (non-hydrogen) atoms. The van der Waals surface area contributed by atoms with Crippen LogP contribution in [0.4, 0.5) is 0 Å². The summed E-state index contributed by atoms with van der Waals surface area (Å²) >= 11 is 0. The van der Waals surface area contributed by atoms with E-state index in [1.54, 1.807) is 12.1 Å². The number of hydrogen-bond acceptors (Lipinski definition) is 7. The van der Waals surface area contributed by atoms with Crippen molar-refractivity contribution in [3.8, 4) is 17.4 Å². The summed E-state index contributed by atoms with van der Waals surface area (Å²) in [6, 6.07) is 3.14. The normalized spacial score (nSPS) is 14.1. The fourth-order valence-corrected chi connectivity index (χ4v) is 1.52. The lowest BCUT2D eigenvalue weighted by atomic mass is 10.0. The van der Waals surface area contributed by atoms with E-state index in [4.69, 9.17) is 15.0 Å². The summed E-state index contributed by atoms with van der Waals surface area (Å²) in [4.78, 5) is 4.26. The molecule has 102 valence electrons. The van der Waals surface area contributed by atoms with Crippen LogP contribution in [-0.4, -0.2) is 27.4 Å². The van der Waals surface area contributed by atoms with Crippen LogP contribution in [0.2, 0.25) is 0 Å². The molecule has 2 atom stereocenters. The summed E-state index contributed by atoms with van der Waals surface area (Å²) in [5, 5.41) is 11.7. The minimum absolute atomic E-state index is 0.266. The van der Waals surface area contributed by atoms with Crippen LogP contribution < -0.4 is 10.5 Å². The van der Waals surface area contributed by atoms with Crippen molar-refractivity contribution in [2.45, 2.75) is 26.3 Å². The lowest BCUT2D eigenvalue weighted by Crippen LogP contribution is -2.18. The van der Waals surface area contributed by atoms with Crippen LogP contribution in [0.15, 0.2) is 16.7 Å². The molecule has 0 spiro atoms. The minimum Gasteiger partial charge on any atom is -0.480 e. The van der Waals surface area contributed by atoms with Gasteiger partial charge in [-0.3, -0.25) is 0 Å². The van der Waals surface area contributed by atoms with Crippen LogP contribution in [0.5, 0.6) is 5.88 Å². The average Bonchev–Trinajstić information content (AvgIpc) is 2.95. The topological polar surface area (TPSA) is 100.0 Å². The molecule has 2 N–H and O–H groups in total. The first-order chi connectivity index (χ1) is 9.15. The molecule has 0 saturated carbocycles. The first kappa shape index (κ1) is 13.4. The molecule has 0 saturated heterocycles. The van der Waals surface area contributed by atoms with Gasteiger partial charge in [-0.15, -0.1) is 10.2 Å². The summed E-state index contributed by atoms with van der Waals surface area (Å²) in [7, 11) is 1.53. The molecule has 0 aliphatic carbocycles. The zero-order valence-corrected chi connectivity index (χ0v) is 11.2. The zero-order chi connectivity index (χ0) is 13.8. The van der Waals surface area contributed by atoms with Gasteiger partial charge in [-0.1, -0.05) is 25.4 Å². The van der Waals surface area contributed by atoms with Crippen molar-refractivity contribution < 1.29 is 9.26 Å². The standard InChI is InChI=1S/C12H17N5O2/c1-4-7(2)10(13)12-14-11(17-19-12)8-5-6-9(18-3)16-15-8/h5-7,10H,4,13H2,1-3H3/t7-,10-/m0/s1. The Labute approximate surface area is 111 Å². The van der Waals surface area contributed by atoms with Crippen LogP contribution in [0.3, 0.4) is 0 Å². The second-order valence-electron chi connectivity index (χ2n) is 4.33. The predicted octanol–water partition coefficient (Wildman–Crippen LogP) is 1.58. The van der Waals surface area contributed by atoms with E-state index in [0.717, 1.165) is 6.42 Å². The number of nitrogens with two attached hydrogens (primary N) is 1. The number of aromatic nitrogens is 4. The third kappa shape index (κ3) is 2.87. The van der Waals surface area contributed by atoms with Gasteiger partial charge in [-0.05, 0) is 12.0 Å². The molecule has 0 aliphatic rings. The van der Waals surface area contributed by atoms with E-state index in [9.17, 15) is 0 Å². The molecule has 7 nitrogen and oxygen atoms in total. The number of rotatable bonds is 5. The van der Waals surface area contributed by atoms with Crippen LogP contribution in [0, 0.1) is 5.92 Å². The highest BCUT2D eigenvalue weighted by Gasteiger charge is 2.21. The maximum Gasteiger partial charge on any atom is 0.244 e. The van der Waals surface area contributed by atoms with Gasteiger partial charge in [-0.25, -0.2) is 0 Å². The summed E-state index contributed by atoms with van der Waals surface area (Å²) in [5.74, 6) is 1.50. The summed E-state index contributed by atoms with van der Waals surface area (Å²) < 4.78 is 10.1. The number of nitrogens with zero attached hydrogens (tertiary/aromatic N) is 4. The fourth-order valence-electron chi connectivity index (χ4n) is 1.52. The predicted molar refractivity (Wildman–Crippen MR) is 68.3 cm³/mol. The Bertz CT molecular complexity index is 525. The molecule has 0 aromatic carbocycles. The van der Waals surface area contributed by atoms with Gasteiger partial charge < -0.3 is 15.0 Å². The molecule has 0 fully saturated rings. The highest BCUT2D eigenvalue weighted by atomic mass is 16.5. The Morgan fingerprint density at radius 1 is 1.37 bits per heavy atom. The minimum atomic E-state index is -0.266. The van der Waals surface area contributed by atoms with E-state index in [1.165, 1.54) is 7.11 Å². The molecule has 0 radical (unpaired) electrons. The van der Waals surface area contributed by atoms with Crippen LogP contribution in [0.1, 0.15) is 32.2 Å². The molecule has 2 aromatic rings. The molecule has 2 rings (SSSR count). The van der Waals surface area contributed by atoms with Gasteiger partial charge >= 0.3 is 0 Å². The van der Waals surface area contributed by atoms with Crippen molar-refractivity contribution in [2.24, 2.45) is 11.7 Å². The quantitative estimate of drug-likeness (QED) is 0.873. The zero-order valence-electron chi connectivity index (χ0n) is 11.2. The molecule has 0 unspecified atom stereocenters. The van der Waals surface area contributed by atoms with E-state index >= 15 is 0 Å². The molecule has 2 aromatic heterocycles. The lowest BCUT2D eigenvalue weighted by molar-refractivity contribution is 0.312. The largest absolute Gasteiger partial charge is 0.480 e. The molecule has 0 bridgehead atoms. The molecule has 0 aliphatic heterocycles. The van der Waals surface area contributed by atoms with Crippen molar-refractivity contribution in [2.75, 3.05) is 7.11 Å². The summed E-state index contributed by atoms with van der Waals surface area (Å²) in [6.45, 7) is 4.11. The second kappa shape index (κ2) is 5.75. The first-order valence-corrected chi connectivity index (χ1v) is 6.13. The van der Waals surface area contributed by atoms with Gasteiger partial charge in [0, 0.05) is 6.07 Å². The van der Waals surface area contributed by atoms with Crippen molar-refractivity contribution >= 4 is 0 Å². The van der Waals surface area contributed by atoms with Gasteiger partial charge in [0.25, 0.3) is 0 Å². The first-order valence-electron chi connectivity index (χ1n) is 6.13. The van der Waals surface area contributed by atoms with Gasteiger partial charge in [0.05, 0.1) is 13.2 Å². The van der Waals surface area contributed by atoms with E-state index in [0.29, 0.717) is 23.3 Å². The third-order valence-electron chi connectivity index (χ3n) is 3.06. The lowest BCUT2D eigenvalue weighted by Gasteiger charge is -2.12. The van der Waals surface area contributed by atoms with E-state index < -0.39 is 0 Å². The Morgan fingerprint density at radius 3 is 2.74 bits per heavy atom. The van der Waals surface area contributed by atoms with Crippen molar-refractivity contribution in [1.29, 1.82) is 0 Å². The van der Waals surface area contributed by atoms with Crippen LogP contribution >= 0.6 is 0 Å². The Kier molecular flexibility index (Phi) is 4.06. The van der Waals surface area contributed by atoms with Crippen molar-refractivity contribution in [3.05, 3.63) is 18.0 Å². The molecule has 2 heterocycles. The Balaban J connectivity index is 2.20.